The first-order valence-electron chi connectivity index (χ1n) is 6.91. The molecule has 0 amide bonds. The lowest BCUT2D eigenvalue weighted by molar-refractivity contribution is 0.363. The lowest BCUT2D eigenvalue weighted by Crippen LogP contribution is -2.34. The van der Waals surface area contributed by atoms with E-state index in [-0.39, 0.29) is 5.82 Å². The highest BCUT2D eigenvalue weighted by Gasteiger charge is 2.31. The first-order valence-corrected chi connectivity index (χ1v) is 8.14. The van der Waals surface area contributed by atoms with Crippen molar-refractivity contribution in [2.45, 2.75) is 29.7 Å². The minimum Gasteiger partial charge on any atom is -0.382 e. The van der Waals surface area contributed by atoms with Crippen LogP contribution in [0.15, 0.2) is 53.4 Å². The molecule has 0 unspecified atom stereocenters. The Bertz CT molecular complexity index is 593. The summed E-state index contributed by atoms with van der Waals surface area (Å²) in [6.45, 7) is 0. The van der Waals surface area contributed by atoms with E-state index in [1.165, 1.54) is 4.90 Å². The molecule has 1 aliphatic rings. The van der Waals surface area contributed by atoms with Crippen LogP contribution in [0.2, 0.25) is 0 Å². The Kier molecular flexibility index (Phi) is 3.97. The van der Waals surface area contributed by atoms with E-state index < -0.39 is 0 Å². The van der Waals surface area contributed by atoms with Gasteiger partial charge in [0.05, 0.1) is 0 Å². The van der Waals surface area contributed by atoms with Crippen LogP contribution in [0.4, 0.5) is 10.1 Å². The van der Waals surface area contributed by atoms with Gasteiger partial charge in [-0.15, -0.1) is 11.8 Å². The molecule has 1 N–H and O–H groups in total. The number of nitrogens with one attached hydrogen (secondary N) is 1. The predicted octanol–water partition coefficient (Wildman–Crippen LogP) is 4.91. The van der Waals surface area contributed by atoms with Crippen molar-refractivity contribution in [2.75, 3.05) is 11.6 Å². The van der Waals surface area contributed by atoms with E-state index in [2.05, 4.69) is 35.8 Å². The van der Waals surface area contributed by atoms with Crippen molar-refractivity contribution >= 4 is 17.4 Å². The highest BCUT2D eigenvalue weighted by atomic mass is 32.2. The van der Waals surface area contributed by atoms with E-state index >= 15 is 0 Å². The zero-order valence-corrected chi connectivity index (χ0v) is 12.3. The van der Waals surface area contributed by atoms with E-state index in [0.29, 0.717) is 12.0 Å². The molecule has 1 fully saturated rings. The minimum absolute atomic E-state index is 0.0691. The lowest BCUT2D eigenvalue weighted by Gasteiger charge is -2.37. The first-order chi connectivity index (χ1) is 9.76. The van der Waals surface area contributed by atoms with Crippen molar-refractivity contribution in [3.05, 3.63) is 59.9 Å². The zero-order valence-electron chi connectivity index (χ0n) is 11.5. The number of benzene rings is 2. The van der Waals surface area contributed by atoms with Gasteiger partial charge in [-0.3, -0.25) is 0 Å². The van der Waals surface area contributed by atoms with Gasteiger partial charge in [-0.1, -0.05) is 24.3 Å². The van der Waals surface area contributed by atoms with Gasteiger partial charge in [0.15, 0.2) is 0 Å². The smallest absolute Gasteiger partial charge is 0.126 e. The number of rotatable bonds is 4. The molecule has 1 aliphatic carbocycles. The largest absolute Gasteiger partial charge is 0.382 e. The second kappa shape index (κ2) is 5.88. The van der Waals surface area contributed by atoms with Crippen LogP contribution in [-0.4, -0.2) is 12.3 Å². The fourth-order valence-corrected chi connectivity index (χ4v) is 3.20. The van der Waals surface area contributed by atoms with E-state index in [9.17, 15) is 4.39 Å². The van der Waals surface area contributed by atoms with E-state index in [1.54, 1.807) is 23.9 Å². The molecule has 2 aromatic rings. The Morgan fingerprint density at radius 1 is 1.10 bits per heavy atom. The summed E-state index contributed by atoms with van der Waals surface area (Å²) in [6.07, 6.45) is 4.09. The van der Waals surface area contributed by atoms with Gasteiger partial charge in [-0.05, 0) is 54.8 Å². The van der Waals surface area contributed by atoms with E-state index in [0.717, 1.165) is 24.1 Å². The van der Waals surface area contributed by atoms with E-state index in [1.807, 2.05) is 12.1 Å². The summed E-state index contributed by atoms with van der Waals surface area (Å²) in [7, 11) is 0. The fraction of sp³-hybridized carbons (Fsp3) is 0.294. The summed E-state index contributed by atoms with van der Waals surface area (Å²) in [5, 5.41) is 3.54. The topological polar surface area (TPSA) is 12.0 Å². The van der Waals surface area contributed by atoms with Crippen LogP contribution in [0.3, 0.4) is 0 Å². The summed E-state index contributed by atoms with van der Waals surface area (Å²) >= 11 is 1.75. The number of halogens is 1. The van der Waals surface area contributed by atoms with Crippen LogP contribution < -0.4 is 5.32 Å². The molecule has 1 saturated carbocycles. The lowest BCUT2D eigenvalue weighted by atomic mass is 9.75. The Morgan fingerprint density at radius 2 is 1.90 bits per heavy atom. The van der Waals surface area contributed by atoms with Gasteiger partial charge in [-0.25, -0.2) is 4.39 Å². The summed E-state index contributed by atoms with van der Waals surface area (Å²) < 4.78 is 13.7. The number of hydrogen-bond donors (Lipinski definition) is 1. The Morgan fingerprint density at radius 3 is 2.65 bits per heavy atom. The van der Waals surface area contributed by atoms with Gasteiger partial charge in [-0.2, -0.15) is 0 Å². The third-order valence-corrected chi connectivity index (χ3v) is 4.65. The average molecular weight is 287 g/mol. The first kappa shape index (κ1) is 13.5. The second-order valence-corrected chi connectivity index (χ2v) is 6.14. The molecule has 0 atom stereocenters. The molecule has 104 valence electrons. The third kappa shape index (κ3) is 2.83. The summed E-state index contributed by atoms with van der Waals surface area (Å²) in [5.41, 5.74) is 2.03. The maximum Gasteiger partial charge on any atom is 0.126 e. The Hall–Kier alpha value is -1.48. The van der Waals surface area contributed by atoms with Crippen LogP contribution in [-0.2, 0) is 0 Å². The normalized spacial score (nSPS) is 21.3. The van der Waals surface area contributed by atoms with Crippen molar-refractivity contribution in [1.29, 1.82) is 0 Å². The zero-order chi connectivity index (χ0) is 13.9. The molecule has 0 radical (unpaired) electrons. The second-order valence-electron chi connectivity index (χ2n) is 5.26. The van der Waals surface area contributed by atoms with Crippen LogP contribution in [0, 0.1) is 5.82 Å². The Labute approximate surface area is 123 Å². The molecule has 0 heterocycles. The molecule has 0 aromatic heterocycles. The molecule has 0 saturated heterocycles. The third-order valence-electron chi connectivity index (χ3n) is 3.92. The highest BCUT2D eigenvalue weighted by Crippen LogP contribution is 2.39. The Balaban J connectivity index is 1.59. The van der Waals surface area contributed by atoms with Crippen LogP contribution in [0.5, 0.6) is 0 Å². The summed E-state index contributed by atoms with van der Waals surface area (Å²) in [6, 6.07) is 16.0. The van der Waals surface area contributed by atoms with Crippen LogP contribution >= 0.6 is 11.8 Å². The SMILES string of the molecule is CSc1cccc(NC2CC(c3ccccc3F)C2)c1. The van der Waals surface area contributed by atoms with Crippen molar-refractivity contribution in [1.82, 2.24) is 0 Å². The van der Waals surface area contributed by atoms with E-state index in [4.69, 9.17) is 0 Å². The predicted molar refractivity (Wildman–Crippen MR) is 84.0 cm³/mol. The number of anilines is 1. The van der Waals surface area contributed by atoms with Crippen molar-refractivity contribution in [3.63, 3.8) is 0 Å². The van der Waals surface area contributed by atoms with Gasteiger partial charge in [0.1, 0.15) is 5.82 Å². The molecule has 0 aliphatic heterocycles. The molecule has 0 spiro atoms. The van der Waals surface area contributed by atoms with Crippen LogP contribution in [0.1, 0.15) is 24.3 Å². The van der Waals surface area contributed by atoms with Gasteiger partial charge in [0.2, 0.25) is 0 Å². The minimum atomic E-state index is -0.0691. The quantitative estimate of drug-likeness (QED) is 0.802. The number of thioether (sulfide) groups is 1. The van der Waals surface area contributed by atoms with Gasteiger partial charge in [0, 0.05) is 16.6 Å². The summed E-state index contributed by atoms with van der Waals surface area (Å²) in [4.78, 5) is 1.26. The molecule has 2 aromatic carbocycles. The van der Waals surface area contributed by atoms with Gasteiger partial charge >= 0.3 is 0 Å². The average Bonchev–Trinajstić information content (AvgIpc) is 2.44. The molecule has 0 bridgehead atoms. The molecule has 3 heteroatoms. The van der Waals surface area contributed by atoms with Crippen molar-refractivity contribution < 1.29 is 4.39 Å². The molecule has 20 heavy (non-hydrogen) atoms. The monoisotopic (exact) mass is 287 g/mol. The molecular formula is C17H18FNS. The van der Waals surface area contributed by atoms with Crippen molar-refractivity contribution in [2.24, 2.45) is 0 Å². The van der Waals surface area contributed by atoms with Crippen LogP contribution in [0.25, 0.3) is 0 Å². The maximum atomic E-state index is 13.7. The highest BCUT2D eigenvalue weighted by molar-refractivity contribution is 7.98. The fourth-order valence-electron chi connectivity index (χ4n) is 2.74. The van der Waals surface area contributed by atoms with Crippen molar-refractivity contribution in [3.8, 4) is 0 Å². The number of hydrogen-bond acceptors (Lipinski definition) is 2. The maximum absolute atomic E-state index is 13.7. The van der Waals surface area contributed by atoms with Gasteiger partial charge in [0.25, 0.3) is 0 Å². The molecule has 3 rings (SSSR count). The molecular weight excluding hydrogens is 269 g/mol. The molecule has 1 nitrogen and oxygen atoms in total. The standard InChI is InChI=1S/C17H18FNS/c1-20-15-6-4-5-13(11-15)19-14-9-12(10-14)16-7-2-3-8-17(16)18/h2-8,11-12,14,19H,9-10H2,1H3. The van der Waals surface area contributed by atoms with Gasteiger partial charge < -0.3 is 5.32 Å². The summed E-state index contributed by atoms with van der Waals surface area (Å²) in [5.74, 6) is 0.290.